The Morgan fingerprint density at radius 3 is 2.37 bits per heavy atom. The monoisotopic (exact) mass is 302 g/mol. The van der Waals surface area contributed by atoms with Crippen LogP contribution in [0.2, 0.25) is 0 Å². The Morgan fingerprint density at radius 1 is 1.42 bits per heavy atom. The van der Waals surface area contributed by atoms with E-state index >= 15 is 0 Å². The summed E-state index contributed by atoms with van der Waals surface area (Å²) < 4.78 is 0. The number of hydrogen-bond acceptors (Lipinski definition) is 3. The Morgan fingerprint density at radius 2 is 2.00 bits per heavy atom. The molecule has 1 fully saturated rings. The molecule has 1 heterocycles. The van der Waals surface area contributed by atoms with Gasteiger partial charge >= 0.3 is 0 Å². The lowest BCUT2D eigenvalue weighted by Crippen LogP contribution is -2.52. The van der Waals surface area contributed by atoms with Crippen LogP contribution in [0.15, 0.2) is 0 Å². The van der Waals surface area contributed by atoms with Crippen molar-refractivity contribution in [3.63, 3.8) is 0 Å². The number of thioether (sulfide) groups is 1. The highest BCUT2D eigenvalue weighted by molar-refractivity contribution is 7.99. The van der Waals surface area contributed by atoms with Gasteiger partial charge in [-0.05, 0) is 25.0 Å². The first-order valence-corrected chi connectivity index (χ1v) is 8.70. The second kappa shape index (κ2) is 7.48. The van der Waals surface area contributed by atoms with Crippen LogP contribution in [0, 0.1) is 5.41 Å². The molecule has 1 unspecified atom stereocenters. The highest BCUT2D eigenvalue weighted by Crippen LogP contribution is 2.34. The van der Waals surface area contributed by atoms with Crippen LogP contribution in [0.1, 0.15) is 46.0 Å². The Hall–Kier alpha value is -0.290. The number of carbonyl (C=O) groups is 1. The minimum atomic E-state index is -0.624. The zero-order valence-corrected chi connectivity index (χ0v) is 13.9. The molecule has 1 atom stereocenters. The maximum Gasteiger partial charge on any atom is 0.235 e. The first-order valence-electron chi connectivity index (χ1n) is 7.14. The molecule has 0 aromatic heterocycles. The van der Waals surface area contributed by atoms with Crippen LogP contribution in [0.3, 0.4) is 0 Å². The molecule has 1 aliphatic rings. The molecular formula is C14H26N2OS2. The summed E-state index contributed by atoms with van der Waals surface area (Å²) in [7, 11) is 1.91. The third kappa shape index (κ3) is 3.63. The van der Waals surface area contributed by atoms with Gasteiger partial charge in [-0.3, -0.25) is 4.79 Å². The predicted molar refractivity (Wildman–Crippen MR) is 87.5 cm³/mol. The Balaban J connectivity index is 2.94. The minimum Gasteiger partial charge on any atom is -0.392 e. The van der Waals surface area contributed by atoms with Crippen molar-refractivity contribution in [2.75, 3.05) is 18.6 Å². The molecule has 1 rings (SSSR count). The molecule has 0 aromatic carbocycles. The normalized spacial score (nSPS) is 19.4. The summed E-state index contributed by atoms with van der Waals surface area (Å²) in [6.45, 7) is 4.17. The SMILES string of the molecule is CCCC(CCC)(C(=O)N(C)C1CCSC1)C(N)=S. The van der Waals surface area contributed by atoms with Crippen molar-refractivity contribution in [1.82, 2.24) is 4.90 Å². The average Bonchev–Trinajstić information content (AvgIpc) is 2.90. The number of hydrogen-bond donors (Lipinski definition) is 1. The van der Waals surface area contributed by atoms with Crippen molar-refractivity contribution in [3.05, 3.63) is 0 Å². The van der Waals surface area contributed by atoms with Crippen LogP contribution in [-0.2, 0) is 4.79 Å². The van der Waals surface area contributed by atoms with Crippen molar-refractivity contribution in [2.45, 2.75) is 52.0 Å². The molecule has 1 aliphatic heterocycles. The van der Waals surface area contributed by atoms with Crippen molar-refractivity contribution >= 4 is 34.9 Å². The zero-order valence-electron chi connectivity index (χ0n) is 12.3. The third-order valence-corrected chi connectivity index (χ3v) is 5.54. The van der Waals surface area contributed by atoms with Crippen LogP contribution < -0.4 is 5.73 Å². The van der Waals surface area contributed by atoms with E-state index in [-0.39, 0.29) is 5.91 Å². The van der Waals surface area contributed by atoms with Gasteiger partial charge in [-0.2, -0.15) is 11.8 Å². The highest BCUT2D eigenvalue weighted by atomic mass is 32.2. The van der Waals surface area contributed by atoms with Crippen molar-refractivity contribution in [2.24, 2.45) is 11.1 Å². The lowest BCUT2D eigenvalue weighted by Gasteiger charge is -2.37. The summed E-state index contributed by atoms with van der Waals surface area (Å²) in [5, 5.41) is 0. The van der Waals surface area contributed by atoms with Gasteiger partial charge in [0.2, 0.25) is 5.91 Å². The minimum absolute atomic E-state index is 0.135. The maximum absolute atomic E-state index is 12.9. The van der Waals surface area contributed by atoms with Crippen LogP contribution >= 0.6 is 24.0 Å². The molecule has 1 saturated heterocycles. The third-order valence-electron chi connectivity index (χ3n) is 4.01. The fourth-order valence-electron chi connectivity index (χ4n) is 2.88. The molecule has 0 radical (unpaired) electrons. The van der Waals surface area contributed by atoms with Crippen LogP contribution in [0.25, 0.3) is 0 Å². The summed E-state index contributed by atoms with van der Waals surface area (Å²) in [6, 6.07) is 0.347. The molecule has 1 amide bonds. The van der Waals surface area contributed by atoms with E-state index < -0.39 is 5.41 Å². The van der Waals surface area contributed by atoms with E-state index in [1.54, 1.807) is 0 Å². The highest BCUT2D eigenvalue weighted by Gasteiger charge is 2.43. The van der Waals surface area contributed by atoms with Gasteiger partial charge in [0.15, 0.2) is 0 Å². The van der Waals surface area contributed by atoms with Gasteiger partial charge < -0.3 is 10.6 Å². The second-order valence-corrected chi connectivity index (χ2v) is 6.97. The molecule has 0 saturated carbocycles. The van der Waals surface area contributed by atoms with Gasteiger partial charge in [-0.1, -0.05) is 38.9 Å². The predicted octanol–water partition coefficient (Wildman–Crippen LogP) is 2.82. The Bertz CT molecular complexity index is 321. The summed E-state index contributed by atoms with van der Waals surface area (Å²) in [5.74, 6) is 2.31. The van der Waals surface area contributed by atoms with Gasteiger partial charge in [-0.15, -0.1) is 0 Å². The van der Waals surface area contributed by atoms with Gasteiger partial charge in [0.1, 0.15) is 0 Å². The largest absolute Gasteiger partial charge is 0.392 e. The van der Waals surface area contributed by atoms with E-state index in [1.165, 1.54) is 0 Å². The van der Waals surface area contributed by atoms with Crippen LogP contribution in [-0.4, -0.2) is 40.4 Å². The molecule has 110 valence electrons. The number of nitrogens with two attached hydrogens (primary N) is 1. The van der Waals surface area contributed by atoms with E-state index in [2.05, 4.69) is 13.8 Å². The fourth-order valence-corrected chi connectivity index (χ4v) is 4.43. The topological polar surface area (TPSA) is 46.3 Å². The maximum atomic E-state index is 12.9. The first kappa shape index (κ1) is 16.8. The van der Waals surface area contributed by atoms with Crippen molar-refractivity contribution in [1.29, 1.82) is 0 Å². The Labute approximate surface area is 126 Å². The van der Waals surface area contributed by atoms with Gasteiger partial charge in [0, 0.05) is 18.8 Å². The first-order chi connectivity index (χ1) is 8.99. The standard InChI is InChI=1S/C14H26N2OS2/c1-4-7-14(8-5-2,12(15)18)13(17)16(3)11-6-9-19-10-11/h11H,4-10H2,1-3H3,(H2,15,18). The van der Waals surface area contributed by atoms with Crippen LogP contribution in [0.4, 0.5) is 0 Å². The molecule has 2 N–H and O–H groups in total. The molecule has 0 aliphatic carbocycles. The molecule has 0 bridgehead atoms. The molecule has 3 nitrogen and oxygen atoms in total. The average molecular weight is 303 g/mol. The fraction of sp³-hybridized carbons (Fsp3) is 0.857. The molecule has 19 heavy (non-hydrogen) atoms. The quantitative estimate of drug-likeness (QED) is 0.735. The molecule has 0 aromatic rings. The molecule has 5 heteroatoms. The van der Waals surface area contributed by atoms with Gasteiger partial charge in [-0.25, -0.2) is 0 Å². The number of thiocarbonyl (C=S) groups is 1. The smallest absolute Gasteiger partial charge is 0.235 e. The number of rotatable bonds is 7. The van der Waals surface area contributed by atoms with E-state index in [4.69, 9.17) is 18.0 Å². The van der Waals surface area contributed by atoms with E-state index in [1.807, 2.05) is 23.7 Å². The second-order valence-electron chi connectivity index (χ2n) is 5.38. The Kier molecular flexibility index (Phi) is 6.60. The van der Waals surface area contributed by atoms with Gasteiger partial charge in [0.25, 0.3) is 0 Å². The van der Waals surface area contributed by atoms with Crippen LogP contribution in [0.5, 0.6) is 0 Å². The van der Waals surface area contributed by atoms with E-state index in [0.29, 0.717) is 11.0 Å². The summed E-state index contributed by atoms with van der Waals surface area (Å²) >= 11 is 7.17. The number of amides is 1. The number of carbonyl (C=O) groups excluding carboxylic acids is 1. The van der Waals surface area contributed by atoms with E-state index in [0.717, 1.165) is 43.6 Å². The molecule has 0 spiro atoms. The van der Waals surface area contributed by atoms with Crippen molar-refractivity contribution < 1.29 is 4.79 Å². The summed E-state index contributed by atoms with van der Waals surface area (Å²) in [4.78, 5) is 15.2. The van der Waals surface area contributed by atoms with Crippen molar-refractivity contribution in [3.8, 4) is 0 Å². The lowest BCUT2D eigenvalue weighted by atomic mass is 9.77. The summed E-state index contributed by atoms with van der Waals surface area (Å²) in [5.41, 5.74) is 5.34. The zero-order chi connectivity index (χ0) is 14.5. The lowest BCUT2D eigenvalue weighted by molar-refractivity contribution is -0.139. The number of nitrogens with zero attached hydrogens (tertiary/aromatic N) is 1. The summed E-state index contributed by atoms with van der Waals surface area (Å²) in [6.07, 6.45) is 4.46. The molecular weight excluding hydrogens is 276 g/mol. The van der Waals surface area contributed by atoms with Gasteiger partial charge in [0.05, 0.1) is 10.4 Å². The van der Waals surface area contributed by atoms with E-state index in [9.17, 15) is 4.79 Å².